The van der Waals surface area contributed by atoms with E-state index in [1.165, 1.54) is 7.11 Å². The molecule has 3 rings (SSSR count). The van der Waals surface area contributed by atoms with Crippen LogP contribution < -0.4 is 20.1 Å². The number of aromatic nitrogens is 1. The van der Waals surface area contributed by atoms with Gasteiger partial charge in [0.2, 0.25) is 11.8 Å². The van der Waals surface area contributed by atoms with Gasteiger partial charge in [0, 0.05) is 18.8 Å². The highest BCUT2D eigenvalue weighted by atomic mass is 32.2. The topological polar surface area (TPSA) is 89.5 Å². The first-order valence-corrected chi connectivity index (χ1v) is 12.3. The van der Waals surface area contributed by atoms with E-state index in [1.54, 1.807) is 48.3 Å². The Kier molecular flexibility index (Phi) is 9.79. The van der Waals surface area contributed by atoms with Gasteiger partial charge in [0.1, 0.15) is 18.4 Å². The lowest BCUT2D eigenvalue weighted by molar-refractivity contribution is -0.123. The van der Waals surface area contributed by atoms with Crippen LogP contribution in [0.5, 0.6) is 11.6 Å². The van der Waals surface area contributed by atoms with Gasteiger partial charge in [0.25, 0.3) is 5.91 Å². The summed E-state index contributed by atoms with van der Waals surface area (Å²) in [5.41, 5.74) is 2.29. The molecule has 0 bridgehead atoms. The maximum Gasteiger partial charge on any atom is 0.255 e. The monoisotopic (exact) mass is 479 g/mol. The van der Waals surface area contributed by atoms with Gasteiger partial charge in [-0.15, -0.1) is 0 Å². The molecule has 0 aliphatic rings. The van der Waals surface area contributed by atoms with Crippen LogP contribution in [0.4, 0.5) is 0 Å². The number of carbonyl (C=O) groups is 2. The largest absolute Gasteiger partial charge is 0.496 e. The average molecular weight is 480 g/mol. The number of rotatable bonds is 12. The molecule has 0 saturated heterocycles. The number of methoxy groups -OCH3 is 1. The lowest BCUT2D eigenvalue weighted by Gasteiger charge is -2.19. The van der Waals surface area contributed by atoms with Gasteiger partial charge in [-0.2, -0.15) is 11.8 Å². The Hall–Kier alpha value is -3.52. The van der Waals surface area contributed by atoms with Gasteiger partial charge in [-0.05, 0) is 47.8 Å². The van der Waals surface area contributed by atoms with E-state index in [-0.39, 0.29) is 11.8 Å². The molecular weight excluding hydrogens is 450 g/mol. The molecule has 178 valence electrons. The van der Waals surface area contributed by atoms with Gasteiger partial charge >= 0.3 is 0 Å². The van der Waals surface area contributed by atoms with Crippen molar-refractivity contribution in [1.82, 2.24) is 15.6 Å². The van der Waals surface area contributed by atoms with Crippen LogP contribution >= 0.6 is 11.8 Å². The highest BCUT2D eigenvalue weighted by Crippen LogP contribution is 2.17. The Morgan fingerprint density at radius 3 is 2.56 bits per heavy atom. The van der Waals surface area contributed by atoms with Crippen molar-refractivity contribution in [2.24, 2.45) is 0 Å². The van der Waals surface area contributed by atoms with Crippen molar-refractivity contribution >= 4 is 23.6 Å². The minimum Gasteiger partial charge on any atom is -0.496 e. The normalized spacial score (nSPS) is 11.4. The summed E-state index contributed by atoms with van der Waals surface area (Å²) in [4.78, 5) is 30.0. The first-order chi connectivity index (χ1) is 16.6. The van der Waals surface area contributed by atoms with Crippen LogP contribution in [-0.4, -0.2) is 42.0 Å². The molecule has 2 aromatic carbocycles. The number of ether oxygens (including phenoxy) is 2. The first kappa shape index (κ1) is 25.1. The molecule has 1 heterocycles. The highest BCUT2D eigenvalue weighted by Gasteiger charge is 2.22. The molecule has 3 aromatic rings. The van der Waals surface area contributed by atoms with Crippen LogP contribution in [0.2, 0.25) is 0 Å². The van der Waals surface area contributed by atoms with Crippen LogP contribution in [0, 0.1) is 0 Å². The fourth-order valence-corrected chi connectivity index (χ4v) is 3.73. The SMILES string of the molecule is COc1ccccc1C(=O)NC(CCSC)C(=O)NCc1ccnc(OCc2ccccc2)c1. The fourth-order valence-electron chi connectivity index (χ4n) is 3.26. The standard InChI is InChI=1S/C26H29N3O4S/c1-32-23-11-7-6-10-21(23)25(30)29-22(13-15-34-2)26(31)28-17-20-12-14-27-24(16-20)33-18-19-8-4-3-5-9-19/h3-12,14,16,22H,13,15,17-18H2,1-2H3,(H,28,31)(H,29,30). The predicted molar refractivity (Wildman–Crippen MR) is 134 cm³/mol. The summed E-state index contributed by atoms with van der Waals surface area (Å²) >= 11 is 1.62. The molecule has 0 fully saturated rings. The molecule has 0 radical (unpaired) electrons. The first-order valence-electron chi connectivity index (χ1n) is 10.9. The van der Waals surface area contributed by atoms with E-state index in [9.17, 15) is 9.59 Å². The zero-order chi connectivity index (χ0) is 24.2. The Labute approximate surface area is 204 Å². The number of benzene rings is 2. The van der Waals surface area contributed by atoms with E-state index in [0.29, 0.717) is 36.8 Å². The van der Waals surface area contributed by atoms with Crippen LogP contribution in [0.1, 0.15) is 27.9 Å². The van der Waals surface area contributed by atoms with E-state index in [4.69, 9.17) is 9.47 Å². The van der Waals surface area contributed by atoms with Gasteiger partial charge in [-0.3, -0.25) is 9.59 Å². The molecule has 0 spiro atoms. The number of carbonyl (C=O) groups excluding carboxylic acids is 2. The number of nitrogens with zero attached hydrogens (tertiary/aromatic N) is 1. The van der Waals surface area contributed by atoms with Crippen LogP contribution in [0.3, 0.4) is 0 Å². The number of thioether (sulfide) groups is 1. The molecule has 1 atom stereocenters. The Balaban J connectivity index is 1.59. The van der Waals surface area contributed by atoms with Crippen molar-refractivity contribution in [2.45, 2.75) is 25.6 Å². The Morgan fingerprint density at radius 2 is 1.79 bits per heavy atom. The fraction of sp³-hybridized carbons (Fsp3) is 0.269. The molecular formula is C26H29N3O4S. The maximum absolute atomic E-state index is 12.9. The molecule has 34 heavy (non-hydrogen) atoms. The average Bonchev–Trinajstić information content (AvgIpc) is 2.89. The predicted octanol–water partition coefficient (Wildman–Crippen LogP) is 3.84. The minimum absolute atomic E-state index is 0.249. The number of pyridine rings is 1. The zero-order valence-corrected chi connectivity index (χ0v) is 20.1. The van der Waals surface area contributed by atoms with Crippen molar-refractivity contribution in [2.75, 3.05) is 19.1 Å². The third kappa shape index (κ3) is 7.52. The van der Waals surface area contributed by atoms with Crippen molar-refractivity contribution in [3.05, 3.63) is 89.6 Å². The van der Waals surface area contributed by atoms with Gasteiger partial charge < -0.3 is 20.1 Å². The summed E-state index contributed by atoms with van der Waals surface area (Å²) in [7, 11) is 1.51. The third-order valence-corrected chi connectivity index (χ3v) is 5.72. The van der Waals surface area contributed by atoms with Crippen LogP contribution in [0.25, 0.3) is 0 Å². The summed E-state index contributed by atoms with van der Waals surface area (Å²) in [6.45, 7) is 0.707. The number of nitrogens with one attached hydrogen (secondary N) is 2. The van der Waals surface area contributed by atoms with Crippen molar-refractivity contribution in [3.8, 4) is 11.6 Å². The number of hydrogen-bond donors (Lipinski definition) is 2. The molecule has 1 unspecified atom stereocenters. The molecule has 7 nitrogen and oxygen atoms in total. The van der Waals surface area contributed by atoms with Gasteiger partial charge in [-0.25, -0.2) is 4.98 Å². The quantitative estimate of drug-likeness (QED) is 0.410. The van der Waals surface area contributed by atoms with E-state index in [2.05, 4.69) is 15.6 Å². The van der Waals surface area contributed by atoms with E-state index < -0.39 is 6.04 Å². The molecule has 8 heteroatoms. The molecule has 0 saturated carbocycles. The van der Waals surface area contributed by atoms with Crippen molar-refractivity contribution in [3.63, 3.8) is 0 Å². The van der Waals surface area contributed by atoms with Crippen molar-refractivity contribution in [1.29, 1.82) is 0 Å². The molecule has 1 aromatic heterocycles. The molecule has 2 N–H and O–H groups in total. The lowest BCUT2D eigenvalue weighted by atomic mass is 10.1. The van der Waals surface area contributed by atoms with Crippen LogP contribution in [-0.2, 0) is 17.9 Å². The van der Waals surface area contributed by atoms with Crippen LogP contribution in [0.15, 0.2) is 72.9 Å². The number of para-hydroxylation sites is 1. The van der Waals surface area contributed by atoms with Gasteiger partial charge in [0.05, 0.1) is 12.7 Å². The smallest absolute Gasteiger partial charge is 0.255 e. The zero-order valence-electron chi connectivity index (χ0n) is 19.3. The second kappa shape index (κ2) is 13.3. The second-order valence-corrected chi connectivity index (χ2v) is 8.49. The van der Waals surface area contributed by atoms with Gasteiger partial charge in [0.15, 0.2) is 0 Å². The minimum atomic E-state index is -0.666. The number of hydrogen-bond acceptors (Lipinski definition) is 6. The van der Waals surface area contributed by atoms with Gasteiger partial charge in [-0.1, -0.05) is 42.5 Å². The highest BCUT2D eigenvalue weighted by molar-refractivity contribution is 7.98. The molecule has 0 aliphatic heterocycles. The second-order valence-electron chi connectivity index (χ2n) is 7.50. The Morgan fingerprint density at radius 1 is 1.03 bits per heavy atom. The maximum atomic E-state index is 12.9. The summed E-state index contributed by atoms with van der Waals surface area (Å²) in [5.74, 6) is 1.08. The van der Waals surface area contributed by atoms with E-state index in [1.807, 2.05) is 42.7 Å². The number of amides is 2. The summed E-state index contributed by atoms with van der Waals surface area (Å²) in [6, 6.07) is 19.7. The molecule has 2 amide bonds. The summed E-state index contributed by atoms with van der Waals surface area (Å²) < 4.78 is 11.0. The molecule has 0 aliphatic carbocycles. The summed E-state index contributed by atoms with van der Waals surface area (Å²) in [6.07, 6.45) is 4.12. The summed E-state index contributed by atoms with van der Waals surface area (Å²) in [5, 5.41) is 5.76. The Bertz CT molecular complexity index is 1080. The van der Waals surface area contributed by atoms with E-state index >= 15 is 0 Å². The van der Waals surface area contributed by atoms with Crippen molar-refractivity contribution < 1.29 is 19.1 Å². The lowest BCUT2D eigenvalue weighted by Crippen LogP contribution is -2.47. The third-order valence-electron chi connectivity index (χ3n) is 5.08. The van der Waals surface area contributed by atoms with E-state index in [0.717, 1.165) is 16.9 Å².